The summed E-state index contributed by atoms with van der Waals surface area (Å²) in [4.78, 5) is 15.7. The lowest BCUT2D eigenvalue weighted by Crippen LogP contribution is -2.17. The molecule has 10 heteroatoms. The number of fused-ring (bicyclic) bond motifs is 2. The number of methoxy groups -OCH3 is 1. The van der Waals surface area contributed by atoms with E-state index in [0.717, 1.165) is 52.3 Å². The summed E-state index contributed by atoms with van der Waals surface area (Å²) in [7, 11) is 1.66. The van der Waals surface area contributed by atoms with Gasteiger partial charge in [0.05, 0.1) is 24.7 Å². The zero-order chi connectivity index (χ0) is 25.5. The number of aromatic amines is 1. The van der Waals surface area contributed by atoms with Crippen molar-refractivity contribution in [3.63, 3.8) is 0 Å². The van der Waals surface area contributed by atoms with Crippen molar-refractivity contribution in [3.05, 3.63) is 94.9 Å². The second-order valence-electron chi connectivity index (χ2n) is 7.96. The lowest BCUT2D eigenvalue weighted by atomic mass is 10.1. The fourth-order valence-electron chi connectivity index (χ4n) is 3.92. The number of aromatic nitrogens is 5. The predicted molar refractivity (Wildman–Crippen MR) is 140 cm³/mol. The number of hydrogen-bond acceptors (Lipinski definition) is 6. The molecule has 2 aromatic carbocycles. The van der Waals surface area contributed by atoms with Crippen molar-refractivity contribution in [2.75, 3.05) is 12.0 Å². The Morgan fingerprint density at radius 3 is 2.50 bits per heavy atom. The third-order valence-corrected chi connectivity index (χ3v) is 5.76. The van der Waals surface area contributed by atoms with E-state index in [1.165, 1.54) is 11.1 Å². The van der Waals surface area contributed by atoms with E-state index in [4.69, 9.17) is 26.1 Å². The molecule has 184 valence electrons. The normalized spacial score (nSPS) is 11.7. The Morgan fingerprint density at radius 2 is 1.83 bits per heavy atom. The molecule has 0 saturated heterocycles. The number of nitrogens with zero attached hydrogens (tertiary/aromatic N) is 5. The van der Waals surface area contributed by atoms with Gasteiger partial charge >= 0.3 is 0 Å². The summed E-state index contributed by atoms with van der Waals surface area (Å²) in [6.07, 6.45) is 3.92. The number of aryl methyl sites for hydroxylation is 1. The van der Waals surface area contributed by atoms with Crippen molar-refractivity contribution in [3.8, 4) is 17.0 Å². The van der Waals surface area contributed by atoms with Gasteiger partial charge in [-0.3, -0.25) is 9.89 Å². The molecule has 0 atom stereocenters. The molecular formula is C26H26ClN7O2. The first kappa shape index (κ1) is 24.7. The first-order chi connectivity index (χ1) is 17.5. The van der Waals surface area contributed by atoms with Crippen LogP contribution in [-0.4, -0.2) is 38.3 Å². The first-order valence-corrected chi connectivity index (χ1v) is 11.5. The fourth-order valence-corrected chi connectivity index (χ4v) is 4.11. The maximum absolute atomic E-state index is 8.58. The Labute approximate surface area is 213 Å². The number of halogens is 1. The number of nitrogens with two attached hydrogens (primary N) is 1. The Bertz CT molecular complexity index is 1440. The average Bonchev–Trinajstić information content (AvgIpc) is 3.63. The molecule has 0 saturated carbocycles. The lowest BCUT2D eigenvalue weighted by molar-refractivity contribution is -0.106. The molecule has 5 aromatic rings. The quantitative estimate of drug-likeness (QED) is 0.353. The summed E-state index contributed by atoms with van der Waals surface area (Å²) in [5, 5.41) is 12.3. The van der Waals surface area contributed by atoms with Gasteiger partial charge in [-0.25, -0.2) is 9.50 Å². The summed E-state index contributed by atoms with van der Waals surface area (Å²) < 4.78 is 6.78. The molecule has 3 N–H and O–H groups in total. The highest BCUT2D eigenvalue weighted by Gasteiger charge is 2.22. The third kappa shape index (κ3) is 5.64. The minimum atomic E-state index is 0.250. The summed E-state index contributed by atoms with van der Waals surface area (Å²) in [6, 6.07) is 19.8. The van der Waals surface area contributed by atoms with Crippen molar-refractivity contribution in [2.24, 2.45) is 5.73 Å². The van der Waals surface area contributed by atoms with Crippen LogP contribution in [-0.2, 0) is 17.9 Å². The van der Waals surface area contributed by atoms with Crippen LogP contribution in [0.3, 0.4) is 0 Å². The summed E-state index contributed by atoms with van der Waals surface area (Å²) in [6.45, 7) is 3.60. The smallest absolute Gasteiger partial charge is 0.204 e. The molecule has 3 aromatic heterocycles. The molecule has 0 unspecified atom stereocenters. The molecule has 9 nitrogen and oxygen atoms in total. The monoisotopic (exact) mass is 503 g/mol. The van der Waals surface area contributed by atoms with Crippen LogP contribution in [0.1, 0.15) is 16.8 Å². The maximum atomic E-state index is 8.58. The number of anilines is 1. The van der Waals surface area contributed by atoms with Crippen molar-refractivity contribution < 1.29 is 9.53 Å². The first-order valence-electron chi connectivity index (χ1n) is 11.2. The average molecular weight is 504 g/mol. The molecule has 1 amide bonds. The Morgan fingerprint density at radius 1 is 1.08 bits per heavy atom. The van der Waals surface area contributed by atoms with Crippen molar-refractivity contribution in [1.29, 1.82) is 0 Å². The van der Waals surface area contributed by atoms with Crippen LogP contribution in [0.2, 0.25) is 5.02 Å². The van der Waals surface area contributed by atoms with Crippen LogP contribution in [0, 0.1) is 6.92 Å². The number of benzene rings is 2. The Kier molecular flexibility index (Phi) is 7.82. The predicted octanol–water partition coefficient (Wildman–Crippen LogP) is 4.40. The van der Waals surface area contributed by atoms with E-state index < -0.39 is 0 Å². The number of carbonyl (C=O) groups excluding carboxylic acids is 1. The zero-order valence-electron chi connectivity index (χ0n) is 19.9. The van der Waals surface area contributed by atoms with Crippen molar-refractivity contribution in [2.45, 2.75) is 20.0 Å². The standard InChI is InChI=1S/C18H15ClN6.C7H8O.CH3NO/c1-11-4-18-22-17(6-16(25(18)23-11)14-7-20-21-8-14)24-9-12-2-3-15(19)5-13(12)10-24;1-8-7-5-3-2-4-6-7;2-1-3/h2-8H,9-10H2,1H3,(H,20,21);2-6H,1H3;1H,(H2,2,3). The molecule has 0 radical (unpaired) electrons. The molecule has 0 fully saturated rings. The van der Waals surface area contributed by atoms with Crippen LogP contribution in [0.5, 0.6) is 5.75 Å². The number of ether oxygens (including phenoxy) is 1. The Balaban J connectivity index is 0.000000233. The van der Waals surface area contributed by atoms with Crippen LogP contribution in [0.4, 0.5) is 5.82 Å². The summed E-state index contributed by atoms with van der Waals surface area (Å²) in [5.41, 5.74) is 10.4. The van der Waals surface area contributed by atoms with Gasteiger partial charge in [0.25, 0.3) is 0 Å². The number of para-hydroxylation sites is 1. The van der Waals surface area contributed by atoms with E-state index in [1.807, 2.05) is 66.2 Å². The minimum Gasteiger partial charge on any atom is -0.497 e. The molecule has 1 aliphatic heterocycles. The molecule has 4 heterocycles. The van der Waals surface area contributed by atoms with E-state index in [-0.39, 0.29) is 6.41 Å². The van der Waals surface area contributed by atoms with Gasteiger partial charge in [0.1, 0.15) is 11.6 Å². The van der Waals surface area contributed by atoms with Gasteiger partial charge in [0, 0.05) is 42.0 Å². The zero-order valence-corrected chi connectivity index (χ0v) is 20.7. The number of nitrogens with one attached hydrogen (secondary N) is 1. The van der Waals surface area contributed by atoms with Crippen molar-refractivity contribution >= 4 is 29.5 Å². The second-order valence-corrected chi connectivity index (χ2v) is 8.40. The van der Waals surface area contributed by atoms with E-state index in [2.05, 4.69) is 38.1 Å². The van der Waals surface area contributed by atoms with Gasteiger partial charge in [0.2, 0.25) is 6.41 Å². The second kappa shape index (κ2) is 11.4. The highest BCUT2D eigenvalue weighted by molar-refractivity contribution is 6.30. The van der Waals surface area contributed by atoms with Crippen LogP contribution < -0.4 is 15.4 Å². The largest absolute Gasteiger partial charge is 0.497 e. The third-order valence-electron chi connectivity index (χ3n) is 5.52. The molecule has 0 spiro atoms. The van der Waals surface area contributed by atoms with Crippen LogP contribution in [0.15, 0.2) is 73.1 Å². The summed E-state index contributed by atoms with van der Waals surface area (Å²) >= 11 is 6.13. The van der Waals surface area contributed by atoms with Gasteiger partial charge in [-0.05, 0) is 42.3 Å². The Hall–Kier alpha value is -4.37. The number of amides is 1. The SMILES string of the molecule is COc1ccccc1.Cc1cc2nc(N3Cc4ccc(Cl)cc4C3)cc(-c3cn[nH]c3)n2n1.NC=O. The number of primary amides is 1. The highest BCUT2D eigenvalue weighted by Crippen LogP contribution is 2.31. The number of carbonyl (C=O) groups is 1. The summed E-state index contributed by atoms with van der Waals surface area (Å²) in [5.74, 6) is 1.84. The van der Waals surface area contributed by atoms with E-state index in [1.54, 1.807) is 13.3 Å². The molecule has 36 heavy (non-hydrogen) atoms. The highest BCUT2D eigenvalue weighted by atomic mass is 35.5. The van der Waals surface area contributed by atoms with E-state index in [0.29, 0.717) is 0 Å². The van der Waals surface area contributed by atoms with Gasteiger partial charge in [-0.15, -0.1) is 0 Å². The van der Waals surface area contributed by atoms with E-state index in [9.17, 15) is 0 Å². The molecular weight excluding hydrogens is 478 g/mol. The number of hydrogen-bond donors (Lipinski definition) is 2. The lowest BCUT2D eigenvalue weighted by Gasteiger charge is -2.17. The van der Waals surface area contributed by atoms with Gasteiger partial charge < -0.3 is 15.4 Å². The molecule has 0 bridgehead atoms. The van der Waals surface area contributed by atoms with Gasteiger partial charge in [-0.1, -0.05) is 35.9 Å². The molecule has 6 rings (SSSR count). The maximum Gasteiger partial charge on any atom is 0.204 e. The fraction of sp³-hybridized carbons (Fsp3) is 0.154. The van der Waals surface area contributed by atoms with Crippen molar-refractivity contribution in [1.82, 2.24) is 24.8 Å². The van der Waals surface area contributed by atoms with Gasteiger partial charge in [-0.2, -0.15) is 10.2 Å². The minimum absolute atomic E-state index is 0.250. The van der Waals surface area contributed by atoms with Crippen LogP contribution in [0.25, 0.3) is 16.9 Å². The number of rotatable bonds is 3. The topological polar surface area (TPSA) is 114 Å². The molecule has 1 aliphatic rings. The van der Waals surface area contributed by atoms with Crippen LogP contribution >= 0.6 is 11.6 Å². The molecule has 0 aliphatic carbocycles. The van der Waals surface area contributed by atoms with Gasteiger partial charge in [0.15, 0.2) is 5.65 Å². The number of H-pyrrole nitrogens is 1. The van der Waals surface area contributed by atoms with E-state index >= 15 is 0 Å².